The number of carbonyl (C=O) groups is 1. The number of rotatable bonds is 5. The molecule has 1 unspecified atom stereocenters. The molecule has 3 aromatic rings. The van der Waals surface area contributed by atoms with Crippen LogP contribution in [0.3, 0.4) is 0 Å². The number of ether oxygens (including phenoxy) is 1. The van der Waals surface area contributed by atoms with Crippen molar-refractivity contribution in [1.29, 1.82) is 0 Å². The normalized spacial score (nSPS) is 20.1. The van der Waals surface area contributed by atoms with Gasteiger partial charge in [0.25, 0.3) is 0 Å². The van der Waals surface area contributed by atoms with Crippen LogP contribution in [-0.2, 0) is 16.1 Å². The second kappa shape index (κ2) is 8.44. The number of fused-ring (bicyclic) bond motifs is 1. The van der Waals surface area contributed by atoms with E-state index in [-0.39, 0.29) is 11.8 Å². The average Bonchev–Trinajstić information content (AvgIpc) is 3.35. The van der Waals surface area contributed by atoms with E-state index >= 15 is 0 Å². The van der Waals surface area contributed by atoms with Gasteiger partial charge in [-0.3, -0.25) is 9.69 Å². The van der Waals surface area contributed by atoms with E-state index in [1.165, 1.54) is 11.1 Å². The number of benzene rings is 2. The first-order valence-electron chi connectivity index (χ1n) is 11.2. The van der Waals surface area contributed by atoms with Crippen molar-refractivity contribution in [3.05, 3.63) is 59.4 Å². The topological polar surface area (TPSA) is 50.6 Å². The summed E-state index contributed by atoms with van der Waals surface area (Å²) in [5, 5.41) is 0. The third kappa shape index (κ3) is 3.86. The largest absolute Gasteiger partial charge is 0.379 e. The number of morpholine rings is 1. The Kier molecular flexibility index (Phi) is 5.50. The lowest BCUT2D eigenvalue weighted by Crippen LogP contribution is -2.38. The van der Waals surface area contributed by atoms with Crippen molar-refractivity contribution in [2.45, 2.75) is 32.7 Å². The molecule has 1 amide bonds. The van der Waals surface area contributed by atoms with Crippen LogP contribution in [0, 0.1) is 13.8 Å². The molecule has 0 bridgehead atoms. The number of aromatic nitrogens is 2. The maximum Gasteiger partial charge on any atom is 0.227 e. The number of hydrogen-bond acceptors (Lipinski definition) is 4. The number of para-hydroxylation sites is 2. The van der Waals surface area contributed by atoms with Crippen LogP contribution in [-0.4, -0.2) is 59.8 Å². The van der Waals surface area contributed by atoms with Gasteiger partial charge < -0.3 is 14.2 Å². The van der Waals surface area contributed by atoms with Crippen molar-refractivity contribution in [3.8, 4) is 0 Å². The number of amides is 1. The van der Waals surface area contributed by atoms with E-state index in [2.05, 4.69) is 53.6 Å². The zero-order valence-corrected chi connectivity index (χ0v) is 18.4. The lowest BCUT2D eigenvalue weighted by molar-refractivity contribution is -0.117. The standard InChI is InChI=1S/C25H30N4O2/c1-18-6-5-9-22(19(18)2)29-17-20(16-24(29)30)25-26-21-7-3-4-8-23(21)28(25)11-10-27-12-14-31-15-13-27/h3-9,20H,10-17H2,1-2H3. The third-order valence-electron chi connectivity index (χ3n) is 6.78. The van der Waals surface area contributed by atoms with E-state index in [9.17, 15) is 4.79 Å². The maximum absolute atomic E-state index is 13.0. The summed E-state index contributed by atoms with van der Waals surface area (Å²) < 4.78 is 7.83. The van der Waals surface area contributed by atoms with Crippen LogP contribution < -0.4 is 4.90 Å². The molecule has 0 radical (unpaired) electrons. The third-order valence-corrected chi connectivity index (χ3v) is 6.78. The van der Waals surface area contributed by atoms with Crippen LogP contribution in [0.1, 0.15) is 29.3 Å². The molecular formula is C25H30N4O2. The molecular weight excluding hydrogens is 388 g/mol. The highest BCUT2D eigenvalue weighted by molar-refractivity contribution is 5.97. The van der Waals surface area contributed by atoms with E-state index in [1.807, 2.05) is 17.0 Å². The van der Waals surface area contributed by atoms with Crippen molar-refractivity contribution in [2.24, 2.45) is 0 Å². The van der Waals surface area contributed by atoms with Gasteiger partial charge >= 0.3 is 0 Å². The van der Waals surface area contributed by atoms with E-state index in [0.29, 0.717) is 13.0 Å². The molecule has 5 rings (SSSR count). The number of imidazole rings is 1. The molecule has 2 aromatic carbocycles. The van der Waals surface area contributed by atoms with Crippen LogP contribution >= 0.6 is 0 Å². The van der Waals surface area contributed by atoms with Gasteiger partial charge in [-0.25, -0.2) is 4.98 Å². The van der Waals surface area contributed by atoms with Crippen LogP contribution in [0.5, 0.6) is 0 Å². The molecule has 0 aliphatic carbocycles. The van der Waals surface area contributed by atoms with Gasteiger partial charge in [-0.2, -0.15) is 0 Å². The minimum atomic E-state index is 0.101. The van der Waals surface area contributed by atoms with Crippen molar-refractivity contribution < 1.29 is 9.53 Å². The first kappa shape index (κ1) is 20.2. The molecule has 6 heteroatoms. The predicted molar refractivity (Wildman–Crippen MR) is 123 cm³/mol. The summed E-state index contributed by atoms with van der Waals surface area (Å²) in [6, 6.07) is 14.5. The fourth-order valence-electron chi connectivity index (χ4n) is 4.85. The molecule has 1 atom stereocenters. The molecule has 2 aliphatic rings. The maximum atomic E-state index is 13.0. The van der Waals surface area contributed by atoms with Gasteiger partial charge in [-0.05, 0) is 43.2 Å². The van der Waals surface area contributed by atoms with Gasteiger partial charge in [0.2, 0.25) is 5.91 Å². The Morgan fingerprint density at radius 2 is 1.84 bits per heavy atom. The zero-order chi connectivity index (χ0) is 21.4. The summed E-state index contributed by atoms with van der Waals surface area (Å²) in [5.41, 5.74) is 5.59. The van der Waals surface area contributed by atoms with Gasteiger partial charge in [-0.15, -0.1) is 0 Å². The molecule has 0 N–H and O–H groups in total. The fourth-order valence-corrected chi connectivity index (χ4v) is 4.85. The van der Waals surface area contributed by atoms with Crippen LogP contribution in [0.15, 0.2) is 42.5 Å². The van der Waals surface area contributed by atoms with Gasteiger partial charge in [0.1, 0.15) is 5.82 Å². The molecule has 1 aromatic heterocycles. The minimum Gasteiger partial charge on any atom is -0.379 e. The number of anilines is 1. The summed E-state index contributed by atoms with van der Waals surface area (Å²) in [7, 11) is 0. The Morgan fingerprint density at radius 1 is 1.03 bits per heavy atom. The molecule has 3 heterocycles. The van der Waals surface area contributed by atoms with E-state index < -0.39 is 0 Å². The molecule has 2 aliphatic heterocycles. The molecule has 31 heavy (non-hydrogen) atoms. The molecule has 162 valence electrons. The molecule has 2 saturated heterocycles. The zero-order valence-electron chi connectivity index (χ0n) is 18.4. The Hall–Kier alpha value is -2.70. The number of hydrogen-bond donors (Lipinski definition) is 0. The Morgan fingerprint density at radius 3 is 2.68 bits per heavy atom. The summed E-state index contributed by atoms with van der Waals surface area (Å²) in [5.74, 6) is 1.32. The van der Waals surface area contributed by atoms with E-state index in [4.69, 9.17) is 9.72 Å². The number of carbonyl (C=O) groups excluding carboxylic acids is 1. The monoisotopic (exact) mass is 418 g/mol. The molecule has 0 spiro atoms. The number of nitrogens with zero attached hydrogens (tertiary/aromatic N) is 4. The fraction of sp³-hybridized carbons (Fsp3) is 0.440. The van der Waals surface area contributed by atoms with Crippen molar-refractivity contribution in [3.63, 3.8) is 0 Å². The Labute approximate surface area is 183 Å². The lowest BCUT2D eigenvalue weighted by atomic mass is 10.1. The summed E-state index contributed by atoms with van der Waals surface area (Å²) in [6.45, 7) is 10.3. The SMILES string of the molecule is Cc1cccc(N2CC(c3nc4ccccc4n3CCN3CCOCC3)CC2=O)c1C. The average molecular weight is 419 g/mol. The van der Waals surface area contributed by atoms with E-state index in [1.54, 1.807) is 0 Å². The van der Waals surface area contributed by atoms with Crippen molar-refractivity contribution >= 4 is 22.6 Å². The summed E-state index contributed by atoms with van der Waals surface area (Å²) >= 11 is 0. The Balaban J connectivity index is 1.44. The highest BCUT2D eigenvalue weighted by atomic mass is 16.5. The molecule has 6 nitrogen and oxygen atoms in total. The highest BCUT2D eigenvalue weighted by Crippen LogP contribution is 2.35. The van der Waals surface area contributed by atoms with Crippen molar-refractivity contribution in [2.75, 3.05) is 44.3 Å². The molecule has 0 saturated carbocycles. The number of aryl methyl sites for hydroxylation is 1. The molecule has 2 fully saturated rings. The lowest BCUT2D eigenvalue weighted by Gasteiger charge is -2.27. The van der Waals surface area contributed by atoms with Gasteiger partial charge in [0.05, 0.1) is 24.2 Å². The first-order valence-corrected chi connectivity index (χ1v) is 11.2. The summed E-state index contributed by atoms with van der Waals surface area (Å²) in [4.78, 5) is 22.4. The predicted octanol–water partition coefficient (Wildman–Crippen LogP) is 3.51. The van der Waals surface area contributed by atoms with Crippen LogP contribution in [0.4, 0.5) is 5.69 Å². The first-order chi connectivity index (χ1) is 15.1. The van der Waals surface area contributed by atoms with Gasteiger partial charge in [-0.1, -0.05) is 24.3 Å². The van der Waals surface area contributed by atoms with Crippen LogP contribution in [0.25, 0.3) is 11.0 Å². The van der Waals surface area contributed by atoms with Gasteiger partial charge in [0.15, 0.2) is 0 Å². The van der Waals surface area contributed by atoms with Crippen LogP contribution in [0.2, 0.25) is 0 Å². The van der Waals surface area contributed by atoms with Crippen molar-refractivity contribution in [1.82, 2.24) is 14.5 Å². The van der Waals surface area contributed by atoms with E-state index in [0.717, 1.165) is 61.9 Å². The highest BCUT2D eigenvalue weighted by Gasteiger charge is 2.35. The smallest absolute Gasteiger partial charge is 0.227 e. The van der Waals surface area contributed by atoms with Gasteiger partial charge in [0, 0.05) is 50.7 Å². The summed E-state index contributed by atoms with van der Waals surface area (Å²) in [6.07, 6.45) is 0.508. The Bertz CT molecular complexity index is 1100. The second-order valence-corrected chi connectivity index (χ2v) is 8.69. The quantitative estimate of drug-likeness (QED) is 0.636. The minimum absolute atomic E-state index is 0.101. The second-order valence-electron chi connectivity index (χ2n) is 8.69.